The summed E-state index contributed by atoms with van der Waals surface area (Å²) in [5.41, 5.74) is 3.05. The zero-order valence-electron chi connectivity index (χ0n) is 10.9. The van der Waals surface area contributed by atoms with E-state index in [1.54, 1.807) is 6.20 Å². The predicted octanol–water partition coefficient (Wildman–Crippen LogP) is 3.45. The molecule has 0 saturated heterocycles. The largest absolute Gasteiger partial charge is 0.354 e. The molecule has 0 atom stereocenters. The van der Waals surface area contributed by atoms with Gasteiger partial charge < -0.3 is 10.3 Å². The first-order valence-corrected chi connectivity index (χ1v) is 6.52. The number of anilines is 1. The lowest BCUT2D eigenvalue weighted by Crippen LogP contribution is -2.04. The van der Waals surface area contributed by atoms with Crippen molar-refractivity contribution in [3.05, 3.63) is 42.6 Å². The van der Waals surface area contributed by atoms with Crippen LogP contribution in [0.1, 0.15) is 13.3 Å². The Kier molecular flexibility index (Phi) is 3.14. The van der Waals surface area contributed by atoms with E-state index < -0.39 is 0 Å². The van der Waals surface area contributed by atoms with Crippen LogP contribution >= 0.6 is 0 Å². The average Bonchev–Trinajstić information content (AvgIpc) is 2.89. The third-order valence-corrected chi connectivity index (χ3v) is 2.99. The van der Waals surface area contributed by atoms with E-state index in [-0.39, 0.29) is 0 Å². The van der Waals surface area contributed by atoms with Crippen molar-refractivity contribution in [1.82, 2.24) is 15.0 Å². The fourth-order valence-electron chi connectivity index (χ4n) is 2.04. The maximum atomic E-state index is 4.52. The second-order valence-corrected chi connectivity index (χ2v) is 4.46. The molecule has 0 amide bonds. The maximum Gasteiger partial charge on any atom is 0.223 e. The molecule has 0 aliphatic heterocycles. The number of H-pyrrole nitrogens is 1. The van der Waals surface area contributed by atoms with Crippen LogP contribution in [0.25, 0.3) is 22.3 Å². The predicted molar refractivity (Wildman–Crippen MR) is 78.1 cm³/mol. The second-order valence-electron chi connectivity index (χ2n) is 4.46. The summed E-state index contributed by atoms with van der Waals surface area (Å²) in [5, 5.41) is 4.40. The number of nitrogens with one attached hydrogen (secondary N) is 2. The minimum Gasteiger partial charge on any atom is -0.354 e. The zero-order valence-corrected chi connectivity index (χ0v) is 10.9. The molecule has 2 N–H and O–H groups in total. The Hall–Kier alpha value is -2.36. The highest BCUT2D eigenvalue weighted by atomic mass is 15.1. The Balaban J connectivity index is 1.96. The minimum atomic E-state index is 0.679. The molecule has 19 heavy (non-hydrogen) atoms. The number of fused-ring (bicyclic) bond motifs is 1. The number of aromatic amines is 1. The van der Waals surface area contributed by atoms with Crippen LogP contribution in [0, 0.1) is 0 Å². The Morgan fingerprint density at radius 1 is 1.21 bits per heavy atom. The molecule has 0 saturated carbocycles. The van der Waals surface area contributed by atoms with Crippen molar-refractivity contribution in [3.63, 3.8) is 0 Å². The van der Waals surface area contributed by atoms with Crippen LogP contribution in [-0.4, -0.2) is 21.5 Å². The molecule has 0 radical (unpaired) electrons. The molecule has 4 nitrogen and oxygen atoms in total. The van der Waals surface area contributed by atoms with Crippen LogP contribution in [0.3, 0.4) is 0 Å². The first-order chi connectivity index (χ1) is 9.36. The highest BCUT2D eigenvalue weighted by Crippen LogP contribution is 2.22. The van der Waals surface area contributed by atoms with E-state index in [9.17, 15) is 0 Å². The molecule has 96 valence electrons. The molecule has 0 unspecified atom stereocenters. The fraction of sp³-hybridized carbons (Fsp3) is 0.200. The monoisotopic (exact) mass is 252 g/mol. The normalized spacial score (nSPS) is 10.8. The Bertz CT molecular complexity index is 654. The molecule has 2 heterocycles. The van der Waals surface area contributed by atoms with E-state index in [1.807, 2.05) is 18.2 Å². The Labute approximate surface area is 111 Å². The molecule has 4 heteroatoms. The summed E-state index contributed by atoms with van der Waals surface area (Å²) in [6, 6.07) is 12.2. The Morgan fingerprint density at radius 2 is 2.11 bits per heavy atom. The van der Waals surface area contributed by atoms with Gasteiger partial charge in [0.05, 0.1) is 11.4 Å². The van der Waals surface area contributed by atoms with E-state index >= 15 is 0 Å². The van der Waals surface area contributed by atoms with Crippen molar-refractivity contribution in [1.29, 1.82) is 0 Å². The maximum absolute atomic E-state index is 4.52. The SMILES string of the molecule is CCCNc1nccc(-c2cc3ccccc3[nH]2)n1. The van der Waals surface area contributed by atoms with Crippen LogP contribution in [0.2, 0.25) is 0 Å². The topological polar surface area (TPSA) is 53.6 Å². The van der Waals surface area contributed by atoms with Crippen LogP contribution < -0.4 is 5.32 Å². The highest BCUT2D eigenvalue weighted by Gasteiger charge is 2.05. The molecule has 2 aromatic heterocycles. The Morgan fingerprint density at radius 3 is 2.95 bits per heavy atom. The lowest BCUT2D eigenvalue weighted by atomic mass is 10.2. The number of hydrogen-bond donors (Lipinski definition) is 2. The van der Waals surface area contributed by atoms with Crippen molar-refractivity contribution in [3.8, 4) is 11.4 Å². The number of rotatable bonds is 4. The molecular formula is C15H16N4. The van der Waals surface area contributed by atoms with Crippen LogP contribution in [0.15, 0.2) is 42.6 Å². The van der Waals surface area contributed by atoms with Crippen molar-refractivity contribution in [2.24, 2.45) is 0 Å². The quantitative estimate of drug-likeness (QED) is 0.747. The van der Waals surface area contributed by atoms with Crippen LogP contribution in [-0.2, 0) is 0 Å². The summed E-state index contributed by atoms with van der Waals surface area (Å²) in [7, 11) is 0. The smallest absolute Gasteiger partial charge is 0.223 e. The van der Waals surface area contributed by atoms with E-state index in [1.165, 1.54) is 5.39 Å². The van der Waals surface area contributed by atoms with E-state index in [0.29, 0.717) is 5.95 Å². The molecule has 0 aliphatic carbocycles. The van der Waals surface area contributed by atoms with Crippen LogP contribution in [0.5, 0.6) is 0 Å². The van der Waals surface area contributed by atoms with E-state index in [4.69, 9.17) is 0 Å². The molecule has 3 aromatic rings. The fourth-order valence-corrected chi connectivity index (χ4v) is 2.04. The molecule has 0 bridgehead atoms. The van der Waals surface area contributed by atoms with E-state index in [0.717, 1.165) is 29.9 Å². The summed E-state index contributed by atoms with van der Waals surface area (Å²) in [6.45, 7) is 3.00. The van der Waals surface area contributed by atoms with Gasteiger partial charge in [0, 0.05) is 23.6 Å². The molecule has 0 aliphatic rings. The van der Waals surface area contributed by atoms with Gasteiger partial charge in [-0.1, -0.05) is 25.1 Å². The van der Waals surface area contributed by atoms with E-state index in [2.05, 4.69) is 45.4 Å². The van der Waals surface area contributed by atoms with Gasteiger partial charge in [-0.25, -0.2) is 9.97 Å². The average molecular weight is 252 g/mol. The molecule has 0 fully saturated rings. The summed E-state index contributed by atoms with van der Waals surface area (Å²) in [4.78, 5) is 12.1. The number of benzene rings is 1. The van der Waals surface area contributed by atoms with Crippen molar-refractivity contribution in [2.75, 3.05) is 11.9 Å². The number of nitrogens with zero attached hydrogens (tertiary/aromatic N) is 2. The van der Waals surface area contributed by atoms with Gasteiger partial charge >= 0.3 is 0 Å². The number of hydrogen-bond acceptors (Lipinski definition) is 3. The third kappa shape index (κ3) is 2.42. The molecular weight excluding hydrogens is 236 g/mol. The van der Waals surface area contributed by atoms with Gasteiger partial charge in [-0.15, -0.1) is 0 Å². The van der Waals surface area contributed by atoms with Crippen molar-refractivity contribution >= 4 is 16.9 Å². The first-order valence-electron chi connectivity index (χ1n) is 6.52. The lowest BCUT2D eigenvalue weighted by Gasteiger charge is -2.03. The van der Waals surface area contributed by atoms with Gasteiger partial charge in [-0.2, -0.15) is 0 Å². The number of aromatic nitrogens is 3. The molecule has 0 spiro atoms. The summed E-state index contributed by atoms with van der Waals surface area (Å²) in [6.07, 6.45) is 2.84. The standard InChI is InChI=1S/C15H16N4/c1-2-8-16-15-17-9-7-13(19-15)14-10-11-5-3-4-6-12(11)18-14/h3-7,9-10,18H,2,8H2,1H3,(H,16,17,19). The third-order valence-electron chi connectivity index (χ3n) is 2.99. The molecule has 1 aromatic carbocycles. The second kappa shape index (κ2) is 5.10. The van der Waals surface area contributed by atoms with Gasteiger partial charge in [-0.05, 0) is 24.6 Å². The van der Waals surface area contributed by atoms with Gasteiger partial charge in [0.25, 0.3) is 0 Å². The minimum absolute atomic E-state index is 0.679. The van der Waals surface area contributed by atoms with Gasteiger partial charge in [0.2, 0.25) is 5.95 Å². The highest BCUT2D eigenvalue weighted by molar-refractivity contribution is 5.85. The van der Waals surface area contributed by atoms with Crippen molar-refractivity contribution < 1.29 is 0 Å². The lowest BCUT2D eigenvalue weighted by molar-refractivity contribution is 0.953. The van der Waals surface area contributed by atoms with Gasteiger partial charge in [-0.3, -0.25) is 0 Å². The van der Waals surface area contributed by atoms with Gasteiger partial charge in [0.1, 0.15) is 0 Å². The molecule has 3 rings (SSSR count). The summed E-state index contributed by atoms with van der Waals surface area (Å²) >= 11 is 0. The summed E-state index contributed by atoms with van der Waals surface area (Å²) < 4.78 is 0. The van der Waals surface area contributed by atoms with Gasteiger partial charge in [0.15, 0.2) is 0 Å². The van der Waals surface area contributed by atoms with Crippen molar-refractivity contribution in [2.45, 2.75) is 13.3 Å². The first kappa shape index (κ1) is 11.7. The van der Waals surface area contributed by atoms with Crippen LogP contribution in [0.4, 0.5) is 5.95 Å². The summed E-state index contributed by atoms with van der Waals surface area (Å²) in [5.74, 6) is 0.679. The zero-order chi connectivity index (χ0) is 13.1. The number of para-hydroxylation sites is 1.